The lowest BCUT2D eigenvalue weighted by Gasteiger charge is -1.95. The summed E-state index contributed by atoms with van der Waals surface area (Å²) >= 11 is 0. The summed E-state index contributed by atoms with van der Waals surface area (Å²) in [5.41, 5.74) is 2.60. The number of furan rings is 1. The molecule has 4 heteroatoms. The molecule has 0 saturated carbocycles. The Bertz CT molecular complexity index is 262. The highest BCUT2D eigenvalue weighted by Crippen LogP contribution is 2.05. The molecule has 0 aromatic carbocycles. The molecule has 4 nitrogen and oxygen atoms in total. The average Bonchev–Trinajstić information content (AvgIpc) is 2.48. The van der Waals surface area contributed by atoms with Gasteiger partial charge in [-0.05, 0) is 12.1 Å². The SMILES string of the molecule is CONCc1ccc(C#N)o1. The number of hydroxylamine groups is 1. The zero-order valence-corrected chi connectivity index (χ0v) is 6.13. The first-order valence-corrected chi connectivity index (χ1v) is 3.11. The summed E-state index contributed by atoms with van der Waals surface area (Å²) < 4.78 is 5.03. The van der Waals surface area contributed by atoms with E-state index in [0.717, 1.165) is 0 Å². The molecule has 0 saturated heterocycles. The van der Waals surface area contributed by atoms with Crippen molar-refractivity contribution in [1.29, 1.82) is 5.26 Å². The molecule has 0 aliphatic carbocycles. The lowest BCUT2D eigenvalue weighted by molar-refractivity contribution is 0.0817. The Morgan fingerprint density at radius 2 is 2.55 bits per heavy atom. The van der Waals surface area contributed by atoms with Gasteiger partial charge in [0.15, 0.2) is 0 Å². The van der Waals surface area contributed by atoms with Crippen molar-refractivity contribution >= 4 is 0 Å². The maximum Gasteiger partial charge on any atom is 0.203 e. The van der Waals surface area contributed by atoms with Crippen LogP contribution >= 0.6 is 0 Å². The molecule has 0 amide bonds. The van der Waals surface area contributed by atoms with Gasteiger partial charge in [-0.15, -0.1) is 0 Å². The standard InChI is InChI=1S/C7H8N2O2/c1-10-9-5-7-3-2-6(4-8)11-7/h2-3,9H,5H2,1H3. The van der Waals surface area contributed by atoms with Gasteiger partial charge in [0.2, 0.25) is 5.76 Å². The molecule has 0 atom stereocenters. The van der Waals surface area contributed by atoms with Gasteiger partial charge >= 0.3 is 0 Å². The summed E-state index contributed by atoms with van der Waals surface area (Å²) in [4.78, 5) is 4.60. The smallest absolute Gasteiger partial charge is 0.203 e. The summed E-state index contributed by atoms with van der Waals surface area (Å²) in [6.45, 7) is 0.470. The highest BCUT2D eigenvalue weighted by atomic mass is 16.6. The minimum absolute atomic E-state index is 0.318. The van der Waals surface area contributed by atoms with Crippen molar-refractivity contribution in [1.82, 2.24) is 5.48 Å². The zero-order valence-electron chi connectivity index (χ0n) is 6.13. The second-order valence-corrected chi connectivity index (χ2v) is 1.90. The lowest BCUT2D eigenvalue weighted by atomic mass is 10.4. The van der Waals surface area contributed by atoms with E-state index in [2.05, 4.69) is 10.3 Å². The first-order valence-electron chi connectivity index (χ1n) is 3.11. The van der Waals surface area contributed by atoms with E-state index in [9.17, 15) is 0 Å². The van der Waals surface area contributed by atoms with Gasteiger partial charge in [0.1, 0.15) is 11.8 Å². The van der Waals surface area contributed by atoms with Gasteiger partial charge in [0.05, 0.1) is 13.7 Å². The largest absolute Gasteiger partial charge is 0.449 e. The Labute approximate surface area is 64.3 Å². The molecule has 0 aliphatic heterocycles. The number of rotatable bonds is 3. The van der Waals surface area contributed by atoms with E-state index in [1.165, 1.54) is 7.11 Å². The molecule has 1 aromatic rings. The first-order chi connectivity index (χ1) is 5.36. The van der Waals surface area contributed by atoms with Gasteiger partial charge < -0.3 is 9.25 Å². The highest BCUT2D eigenvalue weighted by Gasteiger charge is 1.98. The van der Waals surface area contributed by atoms with Gasteiger partial charge in [-0.3, -0.25) is 0 Å². The van der Waals surface area contributed by atoms with Crippen molar-refractivity contribution in [2.75, 3.05) is 7.11 Å². The number of hydrogen-bond donors (Lipinski definition) is 1. The topological polar surface area (TPSA) is 58.2 Å². The first kappa shape index (κ1) is 7.79. The van der Waals surface area contributed by atoms with E-state index < -0.39 is 0 Å². The average molecular weight is 152 g/mol. The summed E-state index contributed by atoms with van der Waals surface area (Å²) in [5.74, 6) is 1.00. The Hall–Kier alpha value is -1.31. The van der Waals surface area contributed by atoms with Crippen LogP contribution in [0.5, 0.6) is 0 Å². The zero-order chi connectivity index (χ0) is 8.10. The molecule has 1 aromatic heterocycles. The maximum atomic E-state index is 8.38. The number of nitrogens with zero attached hydrogens (tertiary/aromatic N) is 1. The van der Waals surface area contributed by atoms with Gasteiger partial charge in [0.25, 0.3) is 0 Å². The number of nitrogens with one attached hydrogen (secondary N) is 1. The summed E-state index contributed by atoms with van der Waals surface area (Å²) in [7, 11) is 1.52. The van der Waals surface area contributed by atoms with Crippen LogP contribution in [0.4, 0.5) is 0 Å². The molecule has 1 rings (SSSR count). The van der Waals surface area contributed by atoms with Crippen LogP contribution in [0.3, 0.4) is 0 Å². The van der Waals surface area contributed by atoms with Crippen LogP contribution in [0.25, 0.3) is 0 Å². The molecule has 0 aliphatic rings. The van der Waals surface area contributed by atoms with Crippen molar-refractivity contribution in [3.8, 4) is 6.07 Å². The van der Waals surface area contributed by atoms with E-state index in [4.69, 9.17) is 9.68 Å². The summed E-state index contributed by atoms with van der Waals surface area (Å²) in [5, 5.41) is 8.38. The van der Waals surface area contributed by atoms with Crippen LogP contribution in [-0.4, -0.2) is 7.11 Å². The molecule has 11 heavy (non-hydrogen) atoms. The Morgan fingerprint density at radius 3 is 3.09 bits per heavy atom. The predicted molar refractivity (Wildman–Crippen MR) is 37.3 cm³/mol. The Balaban J connectivity index is 2.53. The second kappa shape index (κ2) is 3.76. The molecule has 0 spiro atoms. The fraction of sp³-hybridized carbons (Fsp3) is 0.286. The second-order valence-electron chi connectivity index (χ2n) is 1.90. The third-order valence-electron chi connectivity index (χ3n) is 1.16. The molecule has 1 heterocycles. The maximum absolute atomic E-state index is 8.38. The van der Waals surface area contributed by atoms with Crippen LogP contribution in [-0.2, 0) is 11.4 Å². The predicted octanol–water partition coefficient (Wildman–Crippen LogP) is 0.802. The molecular weight excluding hydrogens is 144 g/mol. The van der Waals surface area contributed by atoms with Crippen molar-refractivity contribution in [3.05, 3.63) is 23.7 Å². The van der Waals surface area contributed by atoms with Crippen LogP contribution in [0.2, 0.25) is 0 Å². The number of hydrogen-bond acceptors (Lipinski definition) is 4. The Kier molecular flexibility index (Phi) is 2.66. The van der Waals surface area contributed by atoms with Gasteiger partial charge in [-0.2, -0.15) is 10.7 Å². The van der Waals surface area contributed by atoms with Crippen LogP contribution < -0.4 is 5.48 Å². The molecular formula is C7H8N2O2. The third kappa shape index (κ3) is 2.08. The summed E-state index contributed by atoms with van der Waals surface area (Å²) in [6.07, 6.45) is 0. The van der Waals surface area contributed by atoms with Gasteiger partial charge in [-0.25, -0.2) is 0 Å². The molecule has 58 valence electrons. The van der Waals surface area contributed by atoms with Crippen LogP contribution in [0, 0.1) is 11.3 Å². The highest BCUT2D eigenvalue weighted by molar-refractivity contribution is 5.18. The molecule has 0 bridgehead atoms. The molecule has 0 radical (unpaired) electrons. The van der Waals surface area contributed by atoms with Gasteiger partial charge in [0, 0.05) is 0 Å². The minimum atomic E-state index is 0.318. The van der Waals surface area contributed by atoms with Crippen molar-refractivity contribution in [3.63, 3.8) is 0 Å². The van der Waals surface area contributed by atoms with Crippen LogP contribution in [0.1, 0.15) is 11.5 Å². The number of nitriles is 1. The Morgan fingerprint density at radius 1 is 1.73 bits per heavy atom. The van der Waals surface area contributed by atoms with Crippen LogP contribution in [0.15, 0.2) is 16.5 Å². The van der Waals surface area contributed by atoms with Gasteiger partial charge in [-0.1, -0.05) is 0 Å². The van der Waals surface area contributed by atoms with Crippen molar-refractivity contribution in [2.45, 2.75) is 6.54 Å². The van der Waals surface area contributed by atoms with E-state index in [-0.39, 0.29) is 0 Å². The summed E-state index contributed by atoms with van der Waals surface area (Å²) in [6, 6.07) is 5.23. The van der Waals surface area contributed by atoms with Crippen molar-refractivity contribution in [2.24, 2.45) is 0 Å². The quantitative estimate of drug-likeness (QED) is 0.651. The van der Waals surface area contributed by atoms with E-state index in [0.29, 0.717) is 18.1 Å². The molecule has 0 unspecified atom stereocenters. The minimum Gasteiger partial charge on any atom is -0.449 e. The fourth-order valence-corrected chi connectivity index (χ4v) is 0.676. The normalized spacial score (nSPS) is 9.45. The molecule has 1 N–H and O–H groups in total. The molecule has 0 fully saturated rings. The fourth-order valence-electron chi connectivity index (χ4n) is 0.676. The monoisotopic (exact) mass is 152 g/mol. The van der Waals surface area contributed by atoms with Crippen molar-refractivity contribution < 1.29 is 9.25 Å². The lowest BCUT2D eigenvalue weighted by Crippen LogP contribution is -2.09. The van der Waals surface area contributed by atoms with E-state index in [1.54, 1.807) is 12.1 Å². The third-order valence-corrected chi connectivity index (χ3v) is 1.16. The van der Waals surface area contributed by atoms with E-state index >= 15 is 0 Å². The van der Waals surface area contributed by atoms with E-state index in [1.807, 2.05) is 6.07 Å².